The molecule has 1 atom stereocenters. The summed E-state index contributed by atoms with van der Waals surface area (Å²) >= 11 is 0. The molecule has 2 aromatic rings. The SMILES string of the molecule is C[C@]1(CCc2ccccc2)NC(=O)N(NC(=O)CN2CCN(C(=O)Nc3ccccc3)CC2)C1=O. The fourth-order valence-electron chi connectivity index (χ4n) is 4.19. The number of para-hydroxylation sites is 1. The van der Waals surface area contributed by atoms with Gasteiger partial charge in [-0.3, -0.25) is 19.9 Å². The number of carbonyl (C=O) groups excluding carboxylic acids is 4. The van der Waals surface area contributed by atoms with Crippen LogP contribution in [0, 0.1) is 0 Å². The molecule has 2 saturated heterocycles. The molecule has 2 aliphatic heterocycles. The molecule has 0 saturated carbocycles. The van der Waals surface area contributed by atoms with E-state index >= 15 is 0 Å². The molecule has 2 aliphatic rings. The zero-order valence-electron chi connectivity index (χ0n) is 19.7. The molecule has 10 heteroatoms. The summed E-state index contributed by atoms with van der Waals surface area (Å²) in [7, 11) is 0. The van der Waals surface area contributed by atoms with Crippen LogP contribution in [-0.4, -0.2) is 76.9 Å². The number of nitrogens with one attached hydrogen (secondary N) is 3. The van der Waals surface area contributed by atoms with Gasteiger partial charge in [-0.1, -0.05) is 48.5 Å². The van der Waals surface area contributed by atoms with Gasteiger partial charge in [0.05, 0.1) is 6.54 Å². The van der Waals surface area contributed by atoms with E-state index in [1.54, 1.807) is 11.8 Å². The predicted molar refractivity (Wildman–Crippen MR) is 130 cm³/mol. The van der Waals surface area contributed by atoms with Crippen LogP contribution in [0.1, 0.15) is 18.9 Å². The zero-order valence-corrected chi connectivity index (χ0v) is 19.7. The van der Waals surface area contributed by atoms with Gasteiger partial charge in [0.1, 0.15) is 5.54 Å². The third-order valence-corrected chi connectivity index (χ3v) is 6.31. The van der Waals surface area contributed by atoms with E-state index in [0.717, 1.165) is 16.3 Å². The van der Waals surface area contributed by atoms with E-state index in [1.807, 2.05) is 65.6 Å². The maximum absolute atomic E-state index is 12.9. The number of hydrazine groups is 1. The van der Waals surface area contributed by atoms with Crippen molar-refractivity contribution >= 4 is 29.6 Å². The topological polar surface area (TPSA) is 114 Å². The molecule has 184 valence electrons. The van der Waals surface area contributed by atoms with Crippen LogP contribution >= 0.6 is 0 Å². The Balaban J connectivity index is 1.23. The van der Waals surface area contributed by atoms with E-state index in [-0.39, 0.29) is 12.6 Å². The van der Waals surface area contributed by atoms with Crippen LogP contribution in [0.25, 0.3) is 0 Å². The molecule has 0 radical (unpaired) electrons. The summed E-state index contributed by atoms with van der Waals surface area (Å²) in [5.41, 5.74) is 3.15. The maximum atomic E-state index is 12.9. The van der Waals surface area contributed by atoms with Gasteiger partial charge in [-0.25, -0.2) is 9.59 Å². The lowest BCUT2D eigenvalue weighted by Crippen LogP contribution is -2.55. The zero-order chi connectivity index (χ0) is 24.8. The molecule has 4 rings (SSSR count). The Morgan fingerprint density at radius 2 is 1.57 bits per heavy atom. The van der Waals surface area contributed by atoms with Gasteiger partial charge in [0, 0.05) is 31.9 Å². The molecular formula is C25H30N6O4. The average Bonchev–Trinajstić information content (AvgIpc) is 3.07. The highest BCUT2D eigenvalue weighted by molar-refractivity contribution is 6.07. The number of urea groups is 2. The molecule has 3 N–H and O–H groups in total. The van der Waals surface area contributed by atoms with E-state index in [0.29, 0.717) is 39.0 Å². The monoisotopic (exact) mass is 478 g/mol. The Bertz CT molecular complexity index is 1070. The van der Waals surface area contributed by atoms with Gasteiger partial charge in [0.2, 0.25) is 0 Å². The molecule has 0 unspecified atom stereocenters. The first kappa shape index (κ1) is 24.2. The summed E-state index contributed by atoms with van der Waals surface area (Å²) in [4.78, 5) is 53.9. The first-order valence-corrected chi connectivity index (χ1v) is 11.7. The van der Waals surface area contributed by atoms with Crippen molar-refractivity contribution in [3.05, 3.63) is 66.2 Å². The first-order chi connectivity index (χ1) is 16.8. The number of anilines is 1. The van der Waals surface area contributed by atoms with Gasteiger partial charge in [-0.2, -0.15) is 5.01 Å². The smallest absolute Gasteiger partial charge is 0.322 e. The quantitative estimate of drug-likeness (QED) is 0.525. The third-order valence-electron chi connectivity index (χ3n) is 6.31. The molecule has 35 heavy (non-hydrogen) atoms. The highest BCUT2D eigenvalue weighted by Gasteiger charge is 2.48. The van der Waals surface area contributed by atoms with Crippen molar-refractivity contribution < 1.29 is 19.2 Å². The minimum atomic E-state index is -1.09. The average molecular weight is 479 g/mol. The molecule has 10 nitrogen and oxygen atoms in total. The van der Waals surface area contributed by atoms with E-state index in [9.17, 15) is 19.2 Å². The maximum Gasteiger partial charge on any atom is 0.344 e. The van der Waals surface area contributed by atoms with Crippen molar-refractivity contribution in [1.29, 1.82) is 0 Å². The Kier molecular flexibility index (Phi) is 7.31. The summed E-state index contributed by atoms with van der Waals surface area (Å²) in [6, 6.07) is 18.1. The van der Waals surface area contributed by atoms with Crippen molar-refractivity contribution in [2.75, 3.05) is 38.0 Å². The fraction of sp³-hybridized carbons (Fsp3) is 0.360. The second kappa shape index (κ2) is 10.6. The van der Waals surface area contributed by atoms with Crippen LogP contribution in [0.4, 0.5) is 15.3 Å². The number of rotatable bonds is 7. The molecule has 0 aliphatic carbocycles. The minimum absolute atomic E-state index is 0.0198. The van der Waals surface area contributed by atoms with Gasteiger partial charge in [0.15, 0.2) is 0 Å². The van der Waals surface area contributed by atoms with E-state index in [2.05, 4.69) is 16.1 Å². The largest absolute Gasteiger partial charge is 0.344 e. The third kappa shape index (κ3) is 5.96. The minimum Gasteiger partial charge on any atom is -0.322 e. The Hall–Kier alpha value is -3.92. The van der Waals surface area contributed by atoms with Crippen molar-refractivity contribution in [3.8, 4) is 0 Å². The number of benzene rings is 2. The van der Waals surface area contributed by atoms with Crippen molar-refractivity contribution in [1.82, 2.24) is 25.6 Å². The predicted octanol–water partition coefficient (Wildman–Crippen LogP) is 1.81. The van der Waals surface area contributed by atoms with Crippen LogP contribution in [0.2, 0.25) is 0 Å². The van der Waals surface area contributed by atoms with Crippen LogP contribution in [0.3, 0.4) is 0 Å². The summed E-state index contributed by atoms with van der Waals surface area (Å²) in [5.74, 6) is -0.933. The molecule has 2 aromatic carbocycles. The van der Waals surface area contributed by atoms with Gasteiger partial charge < -0.3 is 15.5 Å². The van der Waals surface area contributed by atoms with Gasteiger partial charge in [0.25, 0.3) is 11.8 Å². The molecule has 0 bridgehead atoms. The lowest BCUT2D eigenvalue weighted by molar-refractivity contribution is -0.139. The number of piperazine rings is 1. The second-order valence-electron chi connectivity index (χ2n) is 8.98. The van der Waals surface area contributed by atoms with Crippen LogP contribution in [0.5, 0.6) is 0 Å². The highest BCUT2D eigenvalue weighted by Crippen LogP contribution is 2.22. The first-order valence-electron chi connectivity index (χ1n) is 11.7. The van der Waals surface area contributed by atoms with E-state index in [4.69, 9.17) is 0 Å². The molecule has 2 heterocycles. The van der Waals surface area contributed by atoms with Gasteiger partial charge >= 0.3 is 12.1 Å². The number of hydrogen-bond acceptors (Lipinski definition) is 5. The lowest BCUT2D eigenvalue weighted by atomic mass is 9.93. The molecule has 2 fully saturated rings. The van der Waals surface area contributed by atoms with Crippen LogP contribution in [-0.2, 0) is 16.0 Å². The van der Waals surface area contributed by atoms with Crippen LogP contribution in [0.15, 0.2) is 60.7 Å². The molecule has 0 spiro atoms. The summed E-state index contributed by atoms with van der Waals surface area (Å²) in [6.45, 7) is 3.63. The van der Waals surface area contributed by atoms with Crippen molar-refractivity contribution in [2.45, 2.75) is 25.3 Å². The summed E-state index contributed by atoms with van der Waals surface area (Å²) in [5, 5.41) is 6.33. The Morgan fingerprint density at radius 3 is 2.23 bits per heavy atom. The normalized spacial score (nSPS) is 20.5. The van der Waals surface area contributed by atoms with E-state index in [1.165, 1.54) is 0 Å². The Morgan fingerprint density at radius 1 is 0.943 bits per heavy atom. The molecule has 6 amide bonds. The Labute approximate surface area is 204 Å². The fourth-order valence-corrected chi connectivity index (χ4v) is 4.19. The second-order valence-corrected chi connectivity index (χ2v) is 8.98. The van der Waals surface area contributed by atoms with Crippen molar-refractivity contribution in [2.24, 2.45) is 0 Å². The number of imide groups is 1. The number of hydrogen-bond donors (Lipinski definition) is 3. The lowest BCUT2D eigenvalue weighted by Gasteiger charge is -2.34. The highest BCUT2D eigenvalue weighted by atomic mass is 16.2. The number of carbonyl (C=O) groups is 4. The van der Waals surface area contributed by atoms with Crippen LogP contribution < -0.4 is 16.1 Å². The number of amides is 6. The summed E-state index contributed by atoms with van der Waals surface area (Å²) in [6.07, 6.45) is 1.04. The molecule has 0 aromatic heterocycles. The number of aryl methyl sites for hydroxylation is 1. The summed E-state index contributed by atoms with van der Waals surface area (Å²) < 4.78 is 0. The molecular weight excluding hydrogens is 448 g/mol. The number of nitrogens with zero attached hydrogens (tertiary/aromatic N) is 3. The van der Waals surface area contributed by atoms with Gasteiger partial charge in [-0.05, 0) is 37.5 Å². The van der Waals surface area contributed by atoms with E-state index < -0.39 is 23.4 Å². The van der Waals surface area contributed by atoms with Gasteiger partial charge in [-0.15, -0.1) is 0 Å². The van der Waals surface area contributed by atoms with Crippen molar-refractivity contribution in [3.63, 3.8) is 0 Å². The standard InChI is InChI=1S/C25H30N6O4/c1-25(13-12-19-8-4-2-5-9-19)22(33)31(24(35)27-25)28-21(32)18-29-14-16-30(17-15-29)23(34)26-20-10-6-3-7-11-20/h2-11H,12-18H2,1H3,(H,26,34)(H,27,35)(H,28,32)/t25-/m1/s1.